The number of hydrogen-bond acceptors (Lipinski definition) is 2. The zero-order valence-corrected chi connectivity index (χ0v) is 15.0. The van der Waals surface area contributed by atoms with E-state index in [1.807, 2.05) is 6.08 Å². The van der Waals surface area contributed by atoms with E-state index in [-0.39, 0.29) is 24.0 Å². The average Bonchev–Trinajstić information content (AvgIpc) is 2.50. The molecule has 0 unspecified atom stereocenters. The standard InChI is InChI=1S/C16H24N4.HI/c1-3-9-18-16(17-2)19-10-12-20-11-8-14-6-4-5-7-15(14)13-20;/h3-7H,1,8-13H2,2H3,(H2,17,18,19);1H. The van der Waals surface area contributed by atoms with Crippen LogP contribution in [-0.2, 0) is 13.0 Å². The molecule has 1 aromatic rings. The van der Waals surface area contributed by atoms with Crippen LogP contribution in [0, 0.1) is 0 Å². The number of halogens is 1. The highest BCUT2D eigenvalue weighted by Crippen LogP contribution is 2.17. The Labute approximate surface area is 144 Å². The number of hydrogen-bond donors (Lipinski definition) is 2. The van der Waals surface area contributed by atoms with Crippen molar-refractivity contribution in [2.45, 2.75) is 13.0 Å². The molecule has 0 aromatic heterocycles. The van der Waals surface area contributed by atoms with Crippen LogP contribution in [0.3, 0.4) is 0 Å². The lowest BCUT2D eigenvalue weighted by Gasteiger charge is -2.28. The molecule has 0 atom stereocenters. The predicted molar refractivity (Wildman–Crippen MR) is 100 cm³/mol. The van der Waals surface area contributed by atoms with E-state index >= 15 is 0 Å². The third-order valence-corrected chi connectivity index (χ3v) is 3.57. The molecule has 0 saturated heterocycles. The van der Waals surface area contributed by atoms with Crippen molar-refractivity contribution in [3.05, 3.63) is 48.0 Å². The molecule has 0 bridgehead atoms. The van der Waals surface area contributed by atoms with Crippen LogP contribution >= 0.6 is 24.0 Å². The zero-order chi connectivity index (χ0) is 14.2. The molecule has 1 aliphatic rings. The summed E-state index contributed by atoms with van der Waals surface area (Å²) in [5.74, 6) is 0.835. The lowest BCUT2D eigenvalue weighted by Crippen LogP contribution is -2.42. The van der Waals surface area contributed by atoms with E-state index in [9.17, 15) is 0 Å². The highest BCUT2D eigenvalue weighted by molar-refractivity contribution is 14.0. The number of guanidine groups is 1. The van der Waals surface area contributed by atoms with Gasteiger partial charge in [0.05, 0.1) is 0 Å². The highest BCUT2D eigenvalue weighted by Gasteiger charge is 2.14. The molecule has 5 heteroatoms. The monoisotopic (exact) mass is 400 g/mol. The van der Waals surface area contributed by atoms with Crippen LogP contribution in [0.15, 0.2) is 41.9 Å². The third-order valence-electron chi connectivity index (χ3n) is 3.57. The van der Waals surface area contributed by atoms with Gasteiger partial charge in [-0.2, -0.15) is 0 Å². The second-order valence-electron chi connectivity index (χ2n) is 4.96. The van der Waals surface area contributed by atoms with Gasteiger partial charge in [-0.15, -0.1) is 30.6 Å². The average molecular weight is 400 g/mol. The second-order valence-corrected chi connectivity index (χ2v) is 4.96. The van der Waals surface area contributed by atoms with Gasteiger partial charge in [0.2, 0.25) is 0 Å². The lowest BCUT2D eigenvalue weighted by atomic mass is 10.00. The fourth-order valence-electron chi connectivity index (χ4n) is 2.47. The maximum Gasteiger partial charge on any atom is 0.191 e. The van der Waals surface area contributed by atoms with E-state index in [1.165, 1.54) is 11.1 Å². The van der Waals surface area contributed by atoms with Gasteiger partial charge in [0.25, 0.3) is 0 Å². The molecule has 116 valence electrons. The number of nitrogens with one attached hydrogen (secondary N) is 2. The molecule has 0 spiro atoms. The molecule has 0 aliphatic carbocycles. The summed E-state index contributed by atoms with van der Waals surface area (Å²) >= 11 is 0. The van der Waals surface area contributed by atoms with Crippen molar-refractivity contribution in [1.29, 1.82) is 0 Å². The van der Waals surface area contributed by atoms with Gasteiger partial charge in [-0.3, -0.25) is 9.89 Å². The molecule has 1 aromatic carbocycles. The van der Waals surface area contributed by atoms with Crippen molar-refractivity contribution in [3.8, 4) is 0 Å². The van der Waals surface area contributed by atoms with Crippen molar-refractivity contribution in [1.82, 2.24) is 15.5 Å². The summed E-state index contributed by atoms with van der Waals surface area (Å²) in [6, 6.07) is 8.73. The molecule has 4 nitrogen and oxygen atoms in total. The number of rotatable bonds is 5. The van der Waals surface area contributed by atoms with Crippen LogP contribution in [-0.4, -0.2) is 44.1 Å². The van der Waals surface area contributed by atoms with Gasteiger partial charge in [0.15, 0.2) is 5.96 Å². The SMILES string of the molecule is C=CCNC(=NC)NCCN1CCc2ccccc2C1.I. The molecule has 0 amide bonds. The minimum atomic E-state index is 0. The molecule has 2 rings (SSSR count). The van der Waals surface area contributed by atoms with E-state index in [4.69, 9.17) is 0 Å². The molecule has 1 heterocycles. The van der Waals surface area contributed by atoms with E-state index in [0.717, 1.165) is 45.1 Å². The first kappa shape index (κ1) is 18.0. The Morgan fingerprint density at radius 3 is 2.81 bits per heavy atom. The quantitative estimate of drug-likeness (QED) is 0.344. The summed E-state index contributed by atoms with van der Waals surface area (Å²) in [7, 11) is 1.79. The summed E-state index contributed by atoms with van der Waals surface area (Å²) in [5.41, 5.74) is 2.97. The number of benzene rings is 1. The molecule has 2 N–H and O–H groups in total. The Balaban J connectivity index is 0.00000220. The fourth-order valence-corrected chi connectivity index (χ4v) is 2.47. The lowest BCUT2D eigenvalue weighted by molar-refractivity contribution is 0.258. The maximum atomic E-state index is 4.17. The second kappa shape index (κ2) is 9.78. The van der Waals surface area contributed by atoms with Crippen LogP contribution in [0.4, 0.5) is 0 Å². The summed E-state index contributed by atoms with van der Waals surface area (Å²) in [6.07, 6.45) is 2.98. The summed E-state index contributed by atoms with van der Waals surface area (Å²) in [4.78, 5) is 6.65. The van der Waals surface area contributed by atoms with E-state index in [1.54, 1.807) is 7.05 Å². The van der Waals surface area contributed by atoms with E-state index in [0.29, 0.717) is 0 Å². The smallest absolute Gasteiger partial charge is 0.191 e. The summed E-state index contributed by atoms with van der Waals surface area (Å²) < 4.78 is 0. The Kier molecular flexibility index (Phi) is 8.37. The highest BCUT2D eigenvalue weighted by atomic mass is 127. The molecule has 21 heavy (non-hydrogen) atoms. The molecule has 0 radical (unpaired) electrons. The van der Waals surface area contributed by atoms with Gasteiger partial charge >= 0.3 is 0 Å². The minimum absolute atomic E-state index is 0. The number of fused-ring (bicyclic) bond motifs is 1. The van der Waals surface area contributed by atoms with Crippen molar-refractivity contribution >= 4 is 29.9 Å². The maximum absolute atomic E-state index is 4.17. The molecule has 1 aliphatic heterocycles. The Hall–Kier alpha value is -1.08. The molecular weight excluding hydrogens is 375 g/mol. The first-order chi connectivity index (χ1) is 9.83. The third kappa shape index (κ3) is 5.67. The van der Waals surface area contributed by atoms with Crippen LogP contribution in [0.5, 0.6) is 0 Å². The summed E-state index contributed by atoms with van der Waals surface area (Å²) in [5, 5.41) is 6.50. The minimum Gasteiger partial charge on any atom is -0.355 e. The van der Waals surface area contributed by atoms with Gasteiger partial charge in [-0.1, -0.05) is 30.3 Å². The van der Waals surface area contributed by atoms with Crippen LogP contribution < -0.4 is 10.6 Å². The zero-order valence-electron chi connectivity index (χ0n) is 12.6. The topological polar surface area (TPSA) is 39.7 Å². The number of aliphatic imine (C=N–C) groups is 1. The van der Waals surface area contributed by atoms with Crippen LogP contribution in [0.1, 0.15) is 11.1 Å². The van der Waals surface area contributed by atoms with E-state index in [2.05, 4.69) is 51.4 Å². The Morgan fingerprint density at radius 1 is 1.33 bits per heavy atom. The molecule has 0 fully saturated rings. The largest absolute Gasteiger partial charge is 0.355 e. The van der Waals surface area contributed by atoms with Gasteiger partial charge in [0.1, 0.15) is 0 Å². The predicted octanol–water partition coefficient (Wildman–Crippen LogP) is 2.01. The van der Waals surface area contributed by atoms with Crippen LogP contribution in [0.25, 0.3) is 0 Å². The Morgan fingerprint density at radius 2 is 2.10 bits per heavy atom. The van der Waals surface area contributed by atoms with Gasteiger partial charge in [-0.05, 0) is 17.5 Å². The Bertz CT molecular complexity index is 473. The van der Waals surface area contributed by atoms with Crippen molar-refractivity contribution < 1.29 is 0 Å². The molecular formula is C16H25IN4. The van der Waals surface area contributed by atoms with Gasteiger partial charge in [-0.25, -0.2) is 0 Å². The fraction of sp³-hybridized carbons (Fsp3) is 0.438. The van der Waals surface area contributed by atoms with Crippen LogP contribution in [0.2, 0.25) is 0 Å². The van der Waals surface area contributed by atoms with Crippen molar-refractivity contribution in [2.75, 3.05) is 33.2 Å². The number of nitrogens with zero attached hydrogens (tertiary/aromatic N) is 2. The van der Waals surface area contributed by atoms with E-state index < -0.39 is 0 Å². The van der Waals surface area contributed by atoms with Crippen molar-refractivity contribution in [2.24, 2.45) is 4.99 Å². The first-order valence-corrected chi connectivity index (χ1v) is 7.18. The van der Waals surface area contributed by atoms with Gasteiger partial charge in [0, 0.05) is 39.8 Å². The first-order valence-electron chi connectivity index (χ1n) is 7.18. The van der Waals surface area contributed by atoms with Gasteiger partial charge < -0.3 is 10.6 Å². The summed E-state index contributed by atoms with van der Waals surface area (Å²) in [6.45, 7) is 8.54. The normalized spacial score (nSPS) is 14.8. The molecule has 0 saturated carbocycles. The van der Waals surface area contributed by atoms with Crippen molar-refractivity contribution in [3.63, 3.8) is 0 Å².